The van der Waals surface area contributed by atoms with E-state index >= 15 is 0 Å². The molecule has 0 atom stereocenters. The normalized spacial score (nSPS) is 16.4. The minimum Gasteiger partial charge on any atom is -0.385 e. The van der Waals surface area contributed by atoms with E-state index in [1.165, 1.54) is 0 Å². The van der Waals surface area contributed by atoms with Crippen LogP contribution in [0.5, 0.6) is 0 Å². The molecule has 0 spiro atoms. The molecule has 0 radical (unpaired) electrons. The third-order valence-corrected chi connectivity index (χ3v) is 5.66. The second kappa shape index (κ2) is 7.44. The minimum absolute atomic E-state index is 0.143. The maximum absolute atomic E-state index is 12.7. The molecule has 0 saturated heterocycles. The molecule has 0 unspecified atom stereocenters. The van der Waals surface area contributed by atoms with E-state index < -0.39 is 0 Å². The number of thiazole rings is 1. The number of hydrogen-bond donors (Lipinski definition) is 1. The summed E-state index contributed by atoms with van der Waals surface area (Å²) in [7, 11) is 3.58. The Kier molecular flexibility index (Phi) is 5.30. The van der Waals surface area contributed by atoms with Gasteiger partial charge in [-0.2, -0.15) is 5.10 Å². The highest BCUT2D eigenvalue weighted by molar-refractivity contribution is 7.13. The lowest BCUT2D eigenvalue weighted by molar-refractivity contribution is -0.132. The molecule has 0 bridgehead atoms. The Labute approximate surface area is 146 Å². The quantitative estimate of drug-likeness (QED) is 0.835. The Morgan fingerprint density at radius 3 is 2.92 bits per heavy atom. The SMILES string of the molecule is COCCC1(C(=O)NCc2csc(-c3ccn(C)n3)n2)CCCC1. The van der Waals surface area contributed by atoms with Crippen molar-refractivity contribution in [3.05, 3.63) is 23.3 Å². The van der Waals surface area contributed by atoms with Crippen molar-refractivity contribution in [1.29, 1.82) is 0 Å². The molecule has 1 amide bonds. The molecule has 0 aromatic carbocycles. The zero-order chi connectivity index (χ0) is 17.0. The van der Waals surface area contributed by atoms with Crippen molar-refractivity contribution in [3.8, 4) is 10.7 Å². The number of carbonyl (C=O) groups excluding carboxylic acids is 1. The molecule has 0 aliphatic heterocycles. The van der Waals surface area contributed by atoms with Crippen molar-refractivity contribution in [1.82, 2.24) is 20.1 Å². The monoisotopic (exact) mass is 348 g/mol. The van der Waals surface area contributed by atoms with Gasteiger partial charge in [0, 0.05) is 32.3 Å². The van der Waals surface area contributed by atoms with E-state index in [1.807, 2.05) is 24.7 Å². The van der Waals surface area contributed by atoms with Crippen LogP contribution in [0.2, 0.25) is 0 Å². The molecule has 1 saturated carbocycles. The number of nitrogens with one attached hydrogen (secondary N) is 1. The van der Waals surface area contributed by atoms with Gasteiger partial charge in [0.15, 0.2) is 0 Å². The molecule has 24 heavy (non-hydrogen) atoms. The smallest absolute Gasteiger partial charge is 0.226 e. The number of ether oxygens (including phenoxy) is 1. The van der Waals surface area contributed by atoms with Gasteiger partial charge < -0.3 is 10.1 Å². The lowest BCUT2D eigenvalue weighted by Gasteiger charge is -2.27. The molecule has 2 aromatic heterocycles. The van der Waals surface area contributed by atoms with E-state index in [0.717, 1.165) is 48.5 Å². The standard InChI is InChI=1S/C17H24N4O2S/c1-21-9-5-14(20-21)15-19-13(12-24-15)11-18-16(22)17(8-10-23-2)6-3-4-7-17/h5,9,12H,3-4,6-8,10-11H2,1-2H3,(H,18,22). The highest BCUT2D eigenvalue weighted by Gasteiger charge is 2.40. The Morgan fingerprint density at radius 2 is 2.25 bits per heavy atom. The van der Waals surface area contributed by atoms with Crippen LogP contribution < -0.4 is 5.32 Å². The number of aryl methyl sites for hydroxylation is 1. The number of aromatic nitrogens is 3. The van der Waals surface area contributed by atoms with Crippen LogP contribution in [0.15, 0.2) is 17.6 Å². The van der Waals surface area contributed by atoms with Crippen LogP contribution in [0.25, 0.3) is 10.7 Å². The average molecular weight is 348 g/mol. The first-order chi connectivity index (χ1) is 11.6. The molecular formula is C17H24N4O2S. The summed E-state index contributed by atoms with van der Waals surface area (Å²) < 4.78 is 6.96. The average Bonchev–Trinajstić information content (AvgIpc) is 3.31. The first-order valence-electron chi connectivity index (χ1n) is 8.35. The summed E-state index contributed by atoms with van der Waals surface area (Å²) in [4.78, 5) is 17.3. The summed E-state index contributed by atoms with van der Waals surface area (Å²) in [6, 6.07) is 1.94. The van der Waals surface area contributed by atoms with Gasteiger partial charge in [-0.15, -0.1) is 11.3 Å². The van der Waals surface area contributed by atoms with E-state index in [-0.39, 0.29) is 11.3 Å². The molecule has 6 nitrogen and oxygen atoms in total. The van der Waals surface area contributed by atoms with Crippen LogP contribution in [0.1, 0.15) is 37.8 Å². The van der Waals surface area contributed by atoms with Crippen molar-refractivity contribution >= 4 is 17.2 Å². The van der Waals surface area contributed by atoms with E-state index in [0.29, 0.717) is 13.2 Å². The maximum Gasteiger partial charge on any atom is 0.226 e. The van der Waals surface area contributed by atoms with Crippen molar-refractivity contribution in [2.75, 3.05) is 13.7 Å². The van der Waals surface area contributed by atoms with E-state index in [2.05, 4.69) is 15.4 Å². The van der Waals surface area contributed by atoms with Crippen molar-refractivity contribution in [2.24, 2.45) is 12.5 Å². The van der Waals surface area contributed by atoms with Crippen LogP contribution in [-0.2, 0) is 23.1 Å². The number of methoxy groups -OCH3 is 1. The summed E-state index contributed by atoms with van der Waals surface area (Å²) in [6.07, 6.45) is 6.86. The summed E-state index contributed by atoms with van der Waals surface area (Å²) in [6.45, 7) is 1.10. The number of amides is 1. The van der Waals surface area contributed by atoms with Crippen molar-refractivity contribution in [3.63, 3.8) is 0 Å². The minimum atomic E-state index is -0.254. The Morgan fingerprint density at radius 1 is 1.46 bits per heavy atom. The zero-order valence-corrected chi connectivity index (χ0v) is 15.1. The fourth-order valence-corrected chi connectivity index (χ4v) is 4.12. The number of hydrogen-bond acceptors (Lipinski definition) is 5. The maximum atomic E-state index is 12.7. The van der Waals surface area contributed by atoms with E-state index in [9.17, 15) is 4.79 Å². The van der Waals surface area contributed by atoms with Crippen LogP contribution >= 0.6 is 11.3 Å². The fourth-order valence-electron chi connectivity index (χ4n) is 3.33. The van der Waals surface area contributed by atoms with Gasteiger partial charge in [-0.25, -0.2) is 4.98 Å². The molecule has 1 N–H and O–H groups in total. The third-order valence-electron chi connectivity index (χ3n) is 4.74. The molecule has 1 aliphatic carbocycles. The highest BCUT2D eigenvalue weighted by Crippen LogP contribution is 2.41. The van der Waals surface area contributed by atoms with Crippen LogP contribution in [0.3, 0.4) is 0 Å². The number of carbonyl (C=O) groups is 1. The van der Waals surface area contributed by atoms with Crippen LogP contribution in [-0.4, -0.2) is 34.4 Å². The van der Waals surface area contributed by atoms with Gasteiger partial charge in [-0.3, -0.25) is 9.48 Å². The molecule has 2 heterocycles. The molecule has 1 aliphatic rings. The summed E-state index contributed by atoms with van der Waals surface area (Å²) in [5.74, 6) is 0.143. The lowest BCUT2D eigenvalue weighted by Crippen LogP contribution is -2.39. The highest BCUT2D eigenvalue weighted by atomic mass is 32.1. The van der Waals surface area contributed by atoms with Crippen molar-refractivity contribution < 1.29 is 9.53 Å². The molecule has 7 heteroatoms. The summed E-state index contributed by atoms with van der Waals surface area (Å²) >= 11 is 1.55. The fraction of sp³-hybridized carbons (Fsp3) is 0.588. The summed E-state index contributed by atoms with van der Waals surface area (Å²) in [5.41, 5.74) is 1.50. The molecular weight excluding hydrogens is 324 g/mol. The summed E-state index contributed by atoms with van der Waals surface area (Å²) in [5, 5.41) is 10.3. The van der Waals surface area contributed by atoms with Gasteiger partial charge in [0.05, 0.1) is 17.7 Å². The molecule has 1 fully saturated rings. The van der Waals surface area contributed by atoms with Gasteiger partial charge in [-0.1, -0.05) is 12.8 Å². The molecule has 2 aromatic rings. The van der Waals surface area contributed by atoms with Crippen LogP contribution in [0, 0.1) is 5.41 Å². The van der Waals surface area contributed by atoms with Crippen LogP contribution in [0.4, 0.5) is 0 Å². The zero-order valence-electron chi connectivity index (χ0n) is 14.2. The van der Waals surface area contributed by atoms with Crippen molar-refractivity contribution in [2.45, 2.75) is 38.6 Å². The largest absolute Gasteiger partial charge is 0.385 e. The lowest BCUT2D eigenvalue weighted by atomic mass is 9.82. The Balaban J connectivity index is 1.60. The number of nitrogens with zero attached hydrogens (tertiary/aromatic N) is 3. The number of rotatable bonds is 7. The van der Waals surface area contributed by atoms with Gasteiger partial charge in [0.25, 0.3) is 0 Å². The second-order valence-electron chi connectivity index (χ2n) is 6.43. The van der Waals surface area contributed by atoms with Gasteiger partial charge in [0.1, 0.15) is 10.7 Å². The predicted octanol–water partition coefficient (Wildman–Crippen LogP) is 2.76. The second-order valence-corrected chi connectivity index (χ2v) is 7.29. The topological polar surface area (TPSA) is 69.0 Å². The Hall–Kier alpha value is -1.73. The first kappa shape index (κ1) is 17.1. The predicted molar refractivity (Wildman–Crippen MR) is 93.6 cm³/mol. The first-order valence-corrected chi connectivity index (χ1v) is 9.23. The molecule has 130 valence electrons. The van der Waals surface area contributed by atoms with Gasteiger partial charge in [0.2, 0.25) is 5.91 Å². The Bertz CT molecular complexity index is 688. The van der Waals surface area contributed by atoms with E-state index in [1.54, 1.807) is 23.1 Å². The third kappa shape index (κ3) is 3.67. The molecule has 3 rings (SSSR count). The van der Waals surface area contributed by atoms with Gasteiger partial charge >= 0.3 is 0 Å². The van der Waals surface area contributed by atoms with Gasteiger partial charge in [-0.05, 0) is 25.3 Å². The van der Waals surface area contributed by atoms with E-state index in [4.69, 9.17) is 4.74 Å².